The minimum atomic E-state index is 0.708. The highest BCUT2D eigenvalue weighted by molar-refractivity contribution is 4.38. The van der Waals surface area contributed by atoms with Crippen LogP contribution < -0.4 is 0 Å². The minimum absolute atomic E-state index is 0.708. The molecule has 0 atom stereocenters. The van der Waals surface area contributed by atoms with E-state index in [4.69, 9.17) is 6.92 Å². The van der Waals surface area contributed by atoms with Crippen LogP contribution in [0.15, 0.2) is 0 Å². The van der Waals surface area contributed by atoms with Crippen molar-refractivity contribution in [2.75, 3.05) is 0 Å². The van der Waals surface area contributed by atoms with Gasteiger partial charge in [-0.3, -0.25) is 0 Å². The second-order valence-corrected chi connectivity index (χ2v) is 0.642. The molecule has 0 rings (SSSR count). The maximum atomic E-state index is 4.97. The molecule has 0 unspecified atom stereocenters. The van der Waals surface area contributed by atoms with Gasteiger partial charge in [-0.05, 0) is 0 Å². The monoisotopic (exact) mass is 55.1 g/mol. The Morgan fingerprint density at radius 3 is 2.00 bits per heavy atom. The first kappa shape index (κ1) is 3.87. The highest BCUT2D eigenvalue weighted by atomic mass is 13.6. The van der Waals surface area contributed by atoms with Crippen molar-refractivity contribution >= 4 is 0 Å². The van der Waals surface area contributed by atoms with Crippen molar-refractivity contribution < 1.29 is 0 Å². The van der Waals surface area contributed by atoms with Gasteiger partial charge in [0, 0.05) is 0 Å². The van der Waals surface area contributed by atoms with Crippen LogP contribution in [0.5, 0.6) is 0 Å². The van der Waals surface area contributed by atoms with Gasteiger partial charge in [-0.25, -0.2) is 0 Å². The molecule has 0 saturated carbocycles. The van der Waals surface area contributed by atoms with Crippen molar-refractivity contribution in [3.63, 3.8) is 0 Å². The van der Waals surface area contributed by atoms with Crippen LogP contribution in [0.25, 0.3) is 0 Å². The van der Waals surface area contributed by atoms with E-state index in [0.29, 0.717) is 6.42 Å². The molecule has 0 amide bonds. The molecule has 0 aromatic rings. The van der Waals surface area contributed by atoms with Gasteiger partial charge in [0.25, 0.3) is 0 Å². The lowest BCUT2D eigenvalue weighted by molar-refractivity contribution is 1.05. The first-order chi connectivity index (χ1) is 1.91. The predicted octanol–water partition coefficient (Wildman–Crippen LogP) is 1.31. The summed E-state index contributed by atoms with van der Waals surface area (Å²) in [5.74, 6) is 0. The molecule has 0 fully saturated rings. The van der Waals surface area contributed by atoms with Gasteiger partial charge in [-0.2, -0.15) is 6.42 Å². The summed E-state index contributed by atoms with van der Waals surface area (Å²) in [6, 6.07) is 0. The summed E-state index contributed by atoms with van der Waals surface area (Å²) in [6.45, 7) is 8.44. The topological polar surface area (TPSA) is 0 Å². The van der Waals surface area contributed by atoms with Gasteiger partial charge < -0.3 is 6.92 Å². The highest BCUT2D eigenvalue weighted by Gasteiger charge is 1.55. The van der Waals surface area contributed by atoms with E-state index < -0.39 is 0 Å². The smallest absolute Gasteiger partial charge is 0.0587 e. The Bertz CT molecular complexity index is 2.00. The molecule has 0 aromatic heterocycles. The molecular formula is C4H7. The maximum absolute atomic E-state index is 4.97. The second kappa shape index (κ2) is 2.87. The molecule has 0 bridgehead atoms. The van der Waals surface area contributed by atoms with E-state index >= 15 is 0 Å². The van der Waals surface area contributed by atoms with Gasteiger partial charge in [-0.15, -0.1) is 0 Å². The van der Waals surface area contributed by atoms with Crippen molar-refractivity contribution in [2.45, 2.75) is 12.8 Å². The fourth-order valence-corrected chi connectivity index (χ4v) is 0. The van der Waals surface area contributed by atoms with Crippen LogP contribution >= 0.6 is 0 Å². The quantitative estimate of drug-likeness (QED) is 0.397. The number of hydrogen-bond donors (Lipinski definition) is 0. The van der Waals surface area contributed by atoms with E-state index in [1.54, 1.807) is 0 Å². The van der Waals surface area contributed by atoms with E-state index in [0.717, 1.165) is 6.42 Å². The Hall–Kier alpha value is -0.130. The first-order valence-electron chi connectivity index (χ1n) is 1.41. The van der Waals surface area contributed by atoms with Crippen LogP contribution in [-0.2, 0) is 0 Å². The molecule has 0 heteroatoms. The number of unbranched alkanes of at least 4 members (excludes halogenated alkanes) is 1. The van der Waals surface area contributed by atoms with Crippen LogP contribution in [0.1, 0.15) is 12.8 Å². The van der Waals surface area contributed by atoms with Crippen molar-refractivity contribution in [1.29, 1.82) is 0 Å². The molecule has 23 valence electrons. The zero-order valence-electron chi connectivity index (χ0n) is 2.70. The summed E-state index contributed by atoms with van der Waals surface area (Å²) in [5, 5.41) is 0. The fraction of sp³-hybridized carbons (Fsp3) is 0.500. The molecule has 0 aliphatic carbocycles. The Labute approximate surface area is 27.8 Å². The normalized spacial score (nSPS) is 7.25. The average Bonchev–Trinajstić information content (AvgIpc) is 1.37. The summed E-state index contributed by atoms with van der Waals surface area (Å²) in [5.41, 5.74) is 0. The molecule has 1 radical (unpaired) electrons. The van der Waals surface area contributed by atoms with Gasteiger partial charge >= 0.3 is 0 Å². The van der Waals surface area contributed by atoms with E-state index in [2.05, 4.69) is 6.92 Å². The number of hydrogen-bond acceptors (Lipinski definition) is 0. The third-order valence-electron chi connectivity index (χ3n) is 0.204. The van der Waals surface area contributed by atoms with E-state index in [9.17, 15) is 0 Å². The van der Waals surface area contributed by atoms with Gasteiger partial charge in [0.15, 0.2) is 0 Å². The third kappa shape index (κ3) is 1.87. The molecule has 0 saturated heterocycles. The van der Waals surface area contributed by atoms with E-state index in [1.807, 2.05) is 0 Å². The summed E-state index contributed by atoms with van der Waals surface area (Å²) >= 11 is 0. The second-order valence-electron chi connectivity index (χ2n) is 0.642. The van der Waals surface area contributed by atoms with Crippen LogP contribution in [0.3, 0.4) is 0 Å². The predicted molar refractivity (Wildman–Crippen MR) is 18.9 cm³/mol. The molecule has 4 heavy (non-hydrogen) atoms. The van der Waals surface area contributed by atoms with Crippen LogP contribution in [0, 0.1) is 13.8 Å². The molecule has 0 spiro atoms. The third-order valence-corrected chi connectivity index (χ3v) is 0.204. The Morgan fingerprint density at radius 2 is 2.00 bits per heavy atom. The summed E-state index contributed by atoms with van der Waals surface area (Å²) in [4.78, 5) is 0. The summed E-state index contributed by atoms with van der Waals surface area (Å²) < 4.78 is 0. The Balaban J connectivity index is 1.97. The first-order valence-corrected chi connectivity index (χ1v) is 1.41. The zero-order valence-corrected chi connectivity index (χ0v) is 2.70. The minimum Gasteiger partial charge on any atom is -0.490 e. The lowest BCUT2D eigenvalue weighted by Crippen LogP contribution is -1.49. The van der Waals surface area contributed by atoms with Crippen LogP contribution in [0.4, 0.5) is 0 Å². The van der Waals surface area contributed by atoms with E-state index in [-0.39, 0.29) is 0 Å². The SMILES string of the molecule is [CH-]CC[CH2+]. The van der Waals surface area contributed by atoms with Gasteiger partial charge in [0.1, 0.15) is 0 Å². The molecule has 0 aromatic carbocycles. The Morgan fingerprint density at radius 1 is 1.75 bits per heavy atom. The molecule has 0 nitrogen and oxygen atoms in total. The molecule has 0 heterocycles. The molecular weight excluding hydrogens is 48.0 g/mol. The molecule has 0 N–H and O–H groups in total. The van der Waals surface area contributed by atoms with Crippen molar-refractivity contribution in [1.82, 2.24) is 0 Å². The summed E-state index contributed by atoms with van der Waals surface area (Å²) in [7, 11) is 0. The average molecular weight is 55.1 g/mol. The fourth-order valence-electron chi connectivity index (χ4n) is 0. The maximum Gasteiger partial charge on any atom is 0.0587 e. The van der Waals surface area contributed by atoms with E-state index in [1.165, 1.54) is 0 Å². The Kier molecular flexibility index (Phi) is 2.78. The molecule has 0 aliphatic rings. The van der Waals surface area contributed by atoms with Crippen molar-refractivity contribution in [3.8, 4) is 0 Å². The summed E-state index contributed by atoms with van der Waals surface area (Å²) in [6.07, 6.45) is 1.56. The highest BCUT2D eigenvalue weighted by Crippen LogP contribution is 1.75. The lowest BCUT2D eigenvalue weighted by Gasteiger charge is -1.75. The standard InChI is InChI=1S/C4H7/c1-3-4-2/h1H,2-4H2. The largest absolute Gasteiger partial charge is 0.490 e. The number of rotatable bonds is 1. The van der Waals surface area contributed by atoms with Crippen LogP contribution in [-0.4, -0.2) is 0 Å². The van der Waals surface area contributed by atoms with Crippen molar-refractivity contribution in [3.05, 3.63) is 13.8 Å². The molecule has 0 aliphatic heterocycles. The van der Waals surface area contributed by atoms with Gasteiger partial charge in [-0.1, -0.05) is 0 Å². The van der Waals surface area contributed by atoms with Gasteiger partial charge in [0.2, 0.25) is 0 Å². The van der Waals surface area contributed by atoms with Crippen molar-refractivity contribution in [2.24, 2.45) is 0 Å². The van der Waals surface area contributed by atoms with Crippen LogP contribution in [0.2, 0.25) is 0 Å². The van der Waals surface area contributed by atoms with Gasteiger partial charge in [0.05, 0.1) is 13.3 Å². The zero-order chi connectivity index (χ0) is 3.41. The lowest BCUT2D eigenvalue weighted by atomic mass is 10.4.